The Morgan fingerprint density at radius 1 is 1.46 bits per heavy atom. The first-order valence-corrected chi connectivity index (χ1v) is 8.05. The Balaban J connectivity index is 2.02. The maximum atomic E-state index is 12.5. The summed E-state index contributed by atoms with van der Waals surface area (Å²) in [6, 6.07) is 1.62. The molecule has 0 aliphatic carbocycles. The molecule has 0 unspecified atom stereocenters. The van der Waals surface area contributed by atoms with E-state index in [1.807, 2.05) is 0 Å². The van der Waals surface area contributed by atoms with Crippen LogP contribution in [0.25, 0.3) is 0 Å². The molecule has 0 spiro atoms. The summed E-state index contributed by atoms with van der Waals surface area (Å²) in [5, 5.41) is 2.60. The normalized spacial score (nSPS) is 20.7. The standard InChI is InChI=1S/C16H24N4O4/c1-17-13(21)5-7-16(24-2)6-3-9-20(12-16)14(22)11-19-10-4-8-18-15(19)23/h4,8,10H,3,5-7,9,11-12H2,1-2H3,(H,17,21)/t16-/m0/s1. The minimum Gasteiger partial charge on any atom is -0.376 e. The number of ether oxygens (including phenoxy) is 1. The van der Waals surface area contributed by atoms with Gasteiger partial charge in [-0.2, -0.15) is 0 Å². The summed E-state index contributed by atoms with van der Waals surface area (Å²) in [6.07, 6.45) is 5.46. The summed E-state index contributed by atoms with van der Waals surface area (Å²) in [4.78, 5) is 41.0. The molecule has 1 fully saturated rings. The van der Waals surface area contributed by atoms with E-state index < -0.39 is 11.3 Å². The number of aromatic nitrogens is 2. The van der Waals surface area contributed by atoms with Gasteiger partial charge in [0.1, 0.15) is 6.54 Å². The second kappa shape index (κ2) is 8.05. The Hall–Kier alpha value is -2.22. The Labute approximate surface area is 140 Å². The van der Waals surface area contributed by atoms with Crippen molar-refractivity contribution in [1.29, 1.82) is 0 Å². The van der Waals surface area contributed by atoms with Crippen molar-refractivity contribution >= 4 is 11.8 Å². The molecule has 1 aromatic heterocycles. The molecule has 8 nitrogen and oxygen atoms in total. The van der Waals surface area contributed by atoms with E-state index in [9.17, 15) is 14.4 Å². The van der Waals surface area contributed by atoms with E-state index in [2.05, 4.69) is 10.3 Å². The van der Waals surface area contributed by atoms with Crippen LogP contribution >= 0.6 is 0 Å². The number of nitrogens with zero attached hydrogens (tertiary/aromatic N) is 3. The summed E-state index contributed by atoms with van der Waals surface area (Å²) in [5.74, 6) is -0.192. The van der Waals surface area contributed by atoms with Crippen LogP contribution in [0.5, 0.6) is 0 Å². The van der Waals surface area contributed by atoms with Crippen LogP contribution in [0.4, 0.5) is 0 Å². The number of hydrogen-bond acceptors (Lipinski definition) is 5. The number of methoxy groups -OCH3 is 1. The van der Waals surface area contributed by atoms with Gasteiger partial charge in [-0.3, -0.25) is 14.2 Å². The van der Waals surface area contributed by atoms with Crippen LogP contribution in [0.1, 0.15) is 25.7 Å². The average Bonchev–Trinajstić information content (AvgIpc) is 2.61. The van der Waals surface area contributed by atoms with Crippen molar-refractivity contribution in [1.82, 2.24) is 19.8 Å². The Bertz CT molecular complexity index is 645. The van der Waals surface area contributed by atoms with E-state index in [-0.39, 0.29) is 18.4 Å². The molecular formula is C16H24N4O4. The van der Waals surface area contributed by atoms with Gasteiger partial charge in [0.25, 0.3) is 0 Å². The van der Waals surface area contributed by atoms with Crippen molar-refractivity contribution in [3.8, 4) is 0 Å². The summed E-state index contributed by atoms with van der Waals surface area (Å²) >= 11 is 0. The van der Waals surface area contributed by atoms with Crippen molar-refractivity contribution < 1.29 is 14.3 Å². The zero-order chi connectivity index (χ0) is 17.6. The Morgan fingerprint density at radius 3 is 2.92 bits per heavy atom. The van der Waals surface area contributed by atoms with Crippen LogP contribution in [0.3, 0.4) is 0 Å². The lowest BCUT2D eigenvalue weighted by molar-refractivity contribution is -0.142. The number of hydrogen-bond donors (Lipinski definition) is 1. The second-order valence-corrected chi connectivity index (χ2v) is 6.01. The SMILES string of the molecule is CNC(=O)CC[C@@]1(OC)CCCN(C(=O)Cn2cccnc2=O)C1. The lowest BCUT2D eigenvalue weighted by Gasteiger charge is -2.42. The van der Waals surface area contributed by atoms with E-state index in [1.165, 1.54) is 10.8 Å². The topological polar surface area (TPSA) is 93.5 Å². The minimum absolute atomic E-state index is 0.0398. The molecule has 8 heteroatoms. The van der Waals surface area contributed by atoms with Crippen LogP contribution in [0.2, 0.25) is 0 Å². The van der Waals surface area contributed by atoms with Gasteiger partial charge in [0, 0.05) is 46.1 Å². The highest BCUT2D eigenvalue weighted by atomic mass is 16.5. The third-order valence-electron chi connectivity index (χ3n) is 4.50. The fraction of sp³-hybridized carbons (Fsp3) is 0.625. The molecular weight excluding hydrogens is 312 g/mol. The average molecular weight is 336 g/mol. The highest BCUT2D eigenvalue weighted by molar-refractivity contribution is 5.76. The van der Waals surface area contributed by atoms with Crippen molar-refractivity contribution in [3.05, 3.63) is 28.9 Å². The lowest BCUT2D eigenvalue weighted by Crippen LogP contribution is -2.52. The first-order valence-electron chi connectivity index (χ1n) is 8.05. The van der Waals surface area contributed by atoms with Gasteiger partial charge in [0.05, 0.1) is 5.60 Å². The van der Waals surface area contributed by atoms with E-state index in [1.54, 1.807) is 31.3 Å². The van der Waals surface area contributed by atoms with Crippen molar-refractivity contribution in [2.24, 2.45) is 0 Å². The maximum absolute atomic E-state index is 12.5. The number of likely N-dealkylation sites (tertiary alicyclic amines) is 1. The van der Waals surface area contributed by atoms with E-state index in [0.717, 1.165) is 12.8 Å². The first kappa shape index (κ1) is 18.1. The third-order valence-corrected chi connectivity index (χ3v) is 4.50. The van der Waals surface area contributed by atoms with Gasteiger partial charge in [0.15, 0.2) is 0 Å². The quantitative estimate of drug-likeness (QED) is 0.775. The monoisotopic (exact) mass is 336 g/mol. The molecule has 0 bridgehead atoms. The number of nitrogens with one attached hydrogen (secondary N) is 1. The number of rotatable bonds is 6. The molecule has 2 heterocycles. The highest BCUT2D eigenvalue weighted by Gasteiger charge is 2.37. The highest BCUT2D eigenvalue weighted by Crippen LogP contribution is 2.29. The van der Waals surface area contributed by atoms with E-state index in [0.29, 0.717) is 25.9 Å². The zero-order valence-electron chi connectivity index (χ0n) is 14.2. The fourth-order valence-corrected chi connectivity index (χ4v) is 3.00. The van der Waals surface area contributed by atoms with Crippen molar-refractivity contribution in [3.63, 3.8) is 0 Å². The van der Waals surface area contributed by atoms with Gasteiger partial charge < -0.3 is 15.0 Å². The van der Waals surface area contributed by atoms with E-state index in [4.69, 9.17) is 4.74 Å². The van der Waals surface area contributed by atoms with Crippen molar-refractivity contribution in [2.75, 3.05) is 27.2 Å². The van der Waals surface area contributed by atoms with E-state index >= 15 is 0 Å². The molecule has 2 amide bonds. The molecule has 24 heavy (non-hydrogen) atoms. The fourth-order valence-electron chi connectivity index (χ4n) is 3.00. The molecule has 0 saturated carbocycles. The summed E-state index contributed by atoms with van der Waals surface area (Å²) in [6.45, 7) is 1.01. The molecule has 1 saturated heterocycles. The summed E-state index contributed by atoms with van der Waals surface area (Å²) in [7, 11) is 3.22. The number of carbonyl (C=O) groups is 2. The lowest BCUT2D eigenvalue weighted by atomic mass is 9.87. The zero-order valence-corrected chi connectivity index (χ0v) is 14.2. The molecule has 1 aliphatic heterocycles. The molecule has 1 N–H and O–H groups in total. The van der Waals surface area contributed by atoms with Gasteiger partial charge in [-0.25, -0.2) is 9.78 Å². The number of amides is 2. The predicted molar refractivity (Wildman–Crippen MR) is 87.4 cm³/mol. The Kier molecular flexibility index (Phi) is 6.08. The maximum Gasteiger partial charge on any atom is 0.347 e. The number of piperidine rings is 1. The van der Waals surface area contributed by atoms with Crippen LogP contribution in [-0.2, 0) is 20.9 Å². The van der Waals surface area contributed by atoms with Gasteiger partial charge in [-0.05, 0) is 25.3 Å². The summed E-state index contributed by atoms with van der Waals surface area (Å²) in [5.41, 5.74) is -0.958. The molecule has 0 aromatic carbocycles. The molecule has 0 radical (unpaired) electrons. The minimum atomic E-state index is -0.514. The second-order valence-electron chi connectivity index (χ2n) is 6.01. The van der Waals surface area contributed by atoms with Crippen LogP contribution in [-0.4, -0.2) is 59.1 Å². The number of carbonyl (C=O) groups excluding carboxylic acids is 2. The Morgan fingerprint density at radius 2 is 2.25 bits per heavy atom. The molecule has 1 atom stereocenters. The van der Waals surface area contributed by atoms with Crippen LogP contribution < -0.4 is 11.0 Å². The van der Waals surface area contributed by atoms with Crippen molar-refractivity contribution in [2.45, 2.75) is 37.8 Å². The largest absolute Gasteiger partial charge is 0.376 e. The van der Waals surface area contributed by atoms with Gasteiger partial charge in [-0.15, -0.1) is 0 Å². The first-order chi connectivity index (χ1) is 11.5. The smallest absolute Gasteiger partial charge is 0.347 e. The van der Waals surface area contributed by atoms with Gasteiger partial charge >= 0.3 is 5.69 Å². The van der Waals surface area contributed by atoms with Gasteiger partial charge in [-0.1, -0.05) is 0 Å². The van der Waals surface area contributed by atoms with Gasteiger partial charge in [0.2, 0.25) is 11.8 Å². The molecule has 1 aromatic rings. The molecule has 132 valence electrons. The predicted octanol–water partition coefficient (Wildman–Crippen LogP) is -0.223. The van der Waals surface area contributed by atoms with Crippen LogP contribution in [0.15, 0.2) is 23.3 Å². The third kappa shape index (κ3) is 4.41. The molecule has 2 rings (SSSR count). The molecule has 1 aliphatic rings. The van der Waals surface area contributed by atoms with Crippen LogP contribution in [0, 0.1) is 0 Å². The summed E-state index contributed by atoms with van der Waals surface area (Å²) < 4.78 is 6.96.